The molecule has 6 heteroatoms. The van der Waals surface area contributed by atoms with Gasteiger partial charge >= 0.3 is 5.97 Å². The van der Waals surface area contributed by atoms with E-state index >= 15 is 0 Å². The zero-order valence-corrected chi connectivity index (χ0v) is 14.1. The second-order valence-electron chi connectivity index (χ2n) is 6.19. The summed E-state index contributed by atoms with van der Waals surface area (Å²) in [6.07, 6.45) is 1.75. The van der Waals surface area contributed by atoms with E-state index in [1.165, 1.54) is 12.5 Å². The van der Waals surface area contributed by atoms with Crippen molar-refractivity contribution < 1.29 is 19.1 Å². The van der Waals surface area contributed by atoms with Gasteiger partial charge in [0.15, 0.2) is 5.60 Å². The molecule has 0 atom stereocenters. The highest BCUT2D eigenvalue weighted by molar-refractivity contribution is 7.08. The first-order valence-corrected chi connectivity index (χ1v) is 8.38. The number of ether oxygens (including phenoxy) is 2. The van der Waals surface area contributed by atoms with Crippen LogP contribution in [0.2, 0.25) is 0 Å². The summed E-state index contributed by atoms with van der Waals surface area (Å²) in [5, 5.41) is 7.15. The van der Waals surface area contributed by atoms with Crippen molar-refractivity contribution in [3.05, 3.63) is 22.4 Å². The highest BCUT2D eigenvalue weighted by Gasteiger charge is 2.38. The average Bonchev–Trinajstić information content (AvgIpc) is 2.99. The van der Waals surface area contributed by atoms with Crippen LogP contribution in [0.5, 0.6) is 0 Å². The minimum Gasteiger partial charge on any atom is -0.450 e. The standard InChI is InChI=1S/C16H23NO4S/c1-12(18)21-15(2,3)14(19)17-11-16(5-7-20-8-6-16)13-4-9-22-10-13/h4,9-10H,5-8,11H2,1-3H3,(H,17,19). The second kappa shape index (κ2) is 6.79. The van der Waals surface area contributed by atoms with E-state index in [1.807, 2.05) is 0 Å². The second-order valence-corrected chi connectivity index (χ2v) is 6.97. The van der Waals surface area contributed by atoms with Gasteiger partial charge in [0.05, 0.1) is 0 Å². The van der Waals surface area contributed by atoms with E-state index < -0.39 is 11.6 Å². The van der Waals surface area contributed by atoms with Gasteiger partial charge in [-0.15, -0.1) is 0 Å². The molecule has 1 amide bonds. The van der Waals surface area contributed by atoms with Crippen molar-refractivity contribution in [1.29, 1.82) is 0 Å². The molecule has 22 heavy (non-hydrogen) atoms. The van der Waals surface area contributed by atoms with Crippen LogP contribution in [-0.4, -0.2) is 37.2 Å². The molecule has 2 rings (SSSR count). The predicted octanol–water partition coefficient (Wildman–Crippen LogP) is 2.25. The van der Waals surface area contributed by atoms with Crippen molar-refractivity contribution >= 4 is 23.2 Å². The number of hydrogen-bond acceptors (Lipinski definition) is 5. The molecule has 1 aromatic heterocycles. The number of nitrogens with one attached hydrogen (secondary N) is 1. The summed E-state index contributed by atoms with van der Waals surface area (Å²) in [4.78, 5) is 23.4. The van der Waals surface area contributed by atoms with Crippen molar-refractivity contribution in [2.45, 2.75) is 44.6 Å². The molecule has 0 aliphatic carbocycles. The molecule has 1 aromatic rings. The maximum atomic E-state index is 12.3. The van der Waals surface area contributed by atoms with Crippen LogP contribution < -0.4 is 5.32 Å². The van der Waals surface area contributed by atoms with Crippen LogP contribution in [-0.2, 0) is 24.5 Å². The zero-order chi connectivity index (χ0) is 16.2. The van der Waals surface area contributed by atoms with E-state index in [0.29, 0.717) is 19.8 Å². The number of carbonyl (C=O) groups excluding carboxylic acids is 2. The minimum atomic E-state index is -1.16. The lowest BCUT2D eigenvalue weighted by Crippen LogP contribution is -2.51. The number of carbonyl (C=O) groups is 2. The Labute approximate surface area is 135 Å². The Morgan fingerprint density at radius 3 is 2.64 bits per heavy atom. The molecule has 0 aromatic carbocycles. The molecule has 0 radical (unpaired) electrons. The Morgan fingerprint density at radius 1 is 1.41 bits per heavy atom. The Kier molecular flexibility index (Phi) is 5.24. The van der Waals surface area contributed by atoms with Gasteiger partial charge in [0.25, 0.3) is 5.91 Å². The van der Waals surface area contributed by atoms with Gasteiger partial charge in [0.2, 0.25) is 0 Å². The Morgan fingerprint density at radius 2 is 2.09 bits per heavy atom. The third kappa shape index (κ3) is 3.87. The van der Waals surface area contributed by atoms with Gasteiger partial charge in [-0.1, -0.05) is 0 Å². The molecule has 122 valence electrons. The summed E-state index contributed by atoms with van der Waals surface area (Å²) in [7, 11) is 0. The maximum Gasteiger partial charge on any atom is 0.303 e. The highest BCUT2D eigenvalue weighted by atomic mass is 32.1. The van der Waals surface area contributed by atoms with Gasteiger partial charge in [0, 0.05) is 32.1 Å². The monoisotopic (exact) mass is 325 g/mol. The summed E-state index contributed by atoms with van der Waals surface area (Å²) < 4.78 is 10.6. The Bertz CT molecular complexity index is 518. The van der Waals surface area contributed by atoms with E-state index in [1.54, 1.807) is 25.2 Å². The quantitative estimate of drug-likeness (QED) is 0.843. The Hall–Kier alpha value is -1.40. The lowest BCUT2D eigenvalue weighted by Gasteiger charge is -2.38. The van der Waals surface area contributed by atoms with Crippen LogP contribution in [0.25, 0.3) is 0 Å². The van der Waals surface area contributed by atoms with Crippen LogP contribution >= 0.6 is 11.3 Å². The van der Waals surface area contributed by atoms with Crippen LogP contribution in [0.4, 0.5) is 0 Å². The number of thiophene rings is 1. The number of hydrogen-bond donors (Lipinski definition) is 1. The summed E-state index contributed by atoms with van der Waals surface area (Å²) in [5.74, 6) is -0.734. The molecule has 0 spiro atoms. The first-order valence-electron chi connectivity index (χ1n) is 7.44. The van der Waals surface area contributed by atoms with Gasteiger partial charge in [-0.25, -0.2) is 0 Å². The van der Waals surface area contributed by atoms with Crippen molar-refractivity contribution in [2.24, 2.45) is 0 Å². The molecule has 1 fully saturated rings. The fourth-order valence-corrected chi connectivity index (χ4v) is 3.54. The fourth-order valence-electron chi connectivity index (χ4n) is 2.76. The number of amides is 1. The normalized spacial score (nSPS) is 17.8. The predicted molar refractivity (Wildman–Crippen MR) is 84.9 cm³/mol. The molecule has 1 N–H and O–H groups in total. The van der Waals surface area contributed by atoms with E-state index in [0.717, 1.165) is 12.8 Å². The first kappa shape index (κ1) is 17.0. The van der Waals surface area contributed by atoms with Crippen molar-refractivity contribution in [3.63, 3.8) is 0 Å². The molecule has 5 nitrogen and oxygen atoms in total. The molecule has 1 saturated heterocycles. The number of esters is 1. The van der Waals surface area contributed by atoms with Gasteiger partial charge in [-0.3, -0.25) is 9.59 Å². The van der Waals surface area contributed by atoms with E-state index in [9.17, 15) is 9.59 Å². The summed E-state index contributed by atoms with van der Waals surface area (Å²) >= 11 is 1.66. The molecular formula is C16H23NO4S. The van der Waals surface area contributed by atoms with Crippen molar-refractivity contribution in [1.82, 2.24) is 5.32 Å². The van der Waals surface area contributed by atoms with E-state index in [4.69, 9.17) is 9.47 Å². The lowest BCUT2D eigenvalue weighted by atomic mass is 9.75. The highest BCUT2D eigenvalue weighted by Crippen LogP contribution is 2.35. The van der Waals surface area contributed by atoms with Gasteiger partial charge in [0.1, 0.15) is 0 Å². The van der Waals surface area contributed by atoms with Crippen LogP contribution in [0.1, 0.15) is 39.2 Å². The third-order valence-corrected chi connectivity index (χ3v) is 4.80. The molecule has 2 heterocycles. The molecule has 1 aliphatic heterocycles. The maximum absolute atomic E-state index is 12.3. The lowest BCUT2D eigenvalue weighted by molar-refractivity contribution is -0.163. The first-order chi connectivity index (χ1) is 10.4. The summed E-state index contributed by atoms with van der Waals surface area (Å²) in [6, 6.07) is 2.11. The van der Waals surface area contributed by atoms with Gasteiger partial charge in [-0.05, 0) is 49.1 Å². The average molecular weight is 325 g/mol. The third-order valence-electron chi connectivity index (χ3n) is 4.12. The smallest absolute Gasteiger partial charge is 0.303 e. The molecule has 0 bridgehead atoms. The Balaban J connectivity index is 2.06. The van der Waals surface area contributed by atoms with E-state index in [-0.39, 0.29) is 11.3 Å². The molecule has 1 aliphatic rings. The molecular weight excluding hydrogens is 302 g/mol. The number of rotatable bonds is 5. The summed E-state index contributed by atoms with van der Waals surface area (Å²) in [6.45, 7) is 6.42. The van der Waals surface area contributed by atoms with Gasteiger partial charge in [-0.2, -0.15) is 11.3 Å². The summed E-state index contributed by atoms with van der Waals surface area (Å²) in [5.41, 5.74) is -0.0149. The van der Waals surface area contributed by atoms with Crippen molar-refractivity contribution in [2.75, 3.05) is 19.8 Å². The fraction of sp³-hybridized carbons (Fsp3) is 0.625. The molecule has 0 unspecified atom stereocenters. The topological polar surface area (TPSA) is 64.6 Å². The SMILES string of the molecule is CC(=O)OC(C)(C)C(=O)NCC1(c2ccsc2)CCOCC1. The van der Waals surface area contributed by atoms with Crippen LogP contribution in [0.3, 0.4) is 0 Å². The van der Waals surface area contributed by atoms with Gasteiger partial charge < -0.3 is 14.8 Å². The van der Waals surface area contributed by atoms with Crippen LogP contribution in [0, 0.1) is 0 Å². The molecule has 0 saturated carbocycles. The van der Waals surface area contributed by atoms with E-state index in [2.05, 4.69) is 22.1 Å². The zero-order valence-electron chi connectivity index (χ0n) is 13.3. The largest absolute Gasteiger partial charge is 0.450 e. The van der Waals surface area contributed by atoms with Crippen molar-refractivity contribution in [3.8, 4) is 0 Å². The van der Waals surface area contributed by atoms with Crippen LogP contribution in [0.15, 0.2) is 16.8 Å². The minimum absolute atomic E-state index is 0.0970.